The van der Waals surface area contributed by atoms with Gasteiger partial charge in [0, 0.05) is 22.5 Å². The first-order valence-electron chi connectivity index (χ1n) is 6.65. The number of hydrogen-bond acceptors (Lipinski definition) is 2. The summed E-state index contributed by atoms with van der Waals surface area (Å²) in [4.78, 5) is 0. The van der Waals surface area contributed by atoms with Gasteiger partial charge in [0.1, 0.15) is 5.75 Å². The molecule has 1 aromatic rings. The van der Waals surface area contributed by atoms with Crippen molar-refractivity contribution in [3.63, 3.8) is 0 Å². The highest BCUT2D eigenvalue weighted by molar-refractivity contribution is 6.30. The van der Waals surface area contributed by atoms with Crippen LogP contribution in [0.2, 0.25) is 5.02 Å². The van der Waals surface area contributed by atoms with E-state index in [0.29, 0.717) is 6.54 Å². The maximum absolute atomic E-state index is 6.14. The summed E-state index contributed by atoms with van der Waals surface area (Å²) in [5.41, 5.74) is 7.32. The van der Waals surface area contributed by atoms with E-state index in [4.69, 9.17) is 22.1 Å². The predicted molar refractivity (Wildman–Crippen MR) is 76.4 cm³/mol. The molecule has 0 saturated heterocycles. The average Bonchev–Trinajstić information content (AvgIpc) is 2.40. The largest absolute Gasteiger partial charge is 0.496 e. The molecule has 2 rings (SSSR count). The molecule has 1 aromatic carbocycles. The van der Waals surface area contributed by atoms with Gasteiger partial charge in [0.15, 0.2) is 0 Å². The van der Waals surface area contributed by atoms with Gasteiger partial charge in [-0.05, 0) is 49.8 Å². The van der Waals surface area contributed by atoms with Crippen molar-refractivity contribution in [3.8, 4) is 5.75 Å². The van der Waals surface area contributed by atoms with Crippen LogP contribution in [0.5, 0.6) is 5.75 Å². The molecule has 100 valence electrons. The molecule has 0 aromatic heterocycles. The van der Waals surface area contributed by atoms with Crippen molar-refractivity contribution in [2.75, 3.05) is 13.7 Å². The number of hydrogen-bond donors (Lipinski definition) is 1. The molecule has 0 unspecified atom stereocenters. The fraction of sp³-hybridized carbons (Fsp3) is 0.600. The molecule has 2 N–H and O–H groups in total. The predicted octanol–water partition coefficient (Wildman–Crippen LogP) is 3.76. The molecule has 1 aliphatic carbocycles. The average molecular weight is 268 g/mol. The Morgan fingerprint density at radius 1 is 1.39 bits per heavy atom. The molecule has 1 aliphatic rings. The third-order valence-corrected chi connectivity index (χ3v) is 4.59. The molecule has 0 bridgehead atoms. The molecule has 2 nitrogen and oxygen atoms in total. The Balaban J connectivity index is 2.40. The Kier molecular flexibility index (Phi) is 4.18. The van der Waals surface area contributed by atoms with Gasteiger partial charge in [-0.25, -0.2) is 0 Å². The lowest BCUT2D eigenvalue weighted by molar-refractivity contribution is 0.241. The maximum Gasteiger partial charge on any atom is 0.122 e. The zero-order chi connectivity index (χ0) is 13.2. The van der Waals surface area contributed by atoms with Gasteiger partial charge in [0.05, 0.1) is 7.11 Å². The molecule has 1 saturated carbocycles. The van der Waals surface area contributed by atoms with E-state index in [1.807, 2.05) is 18.2 Å². The minimum atomic E-state index is 0.0444. The number of rotatable bonds is 3. The number of halogens is 1. The lowest BCUT2D eigenvalue weighted by atomic mass is 9.67. The maximum atomic E-state index is 6.14. The van der Waals surface area contributed by atoms with Crippen LogP contribution in [0.1, 0.15) is 38.2 Å². The minimum absolute atomic E-state index is 0.0444. The Morgan fingerprint density at radius 3 is 2.61 bits per heavy atom. The second-order valence-electron chi connectivity index (χ2n) is 5.51. The molecule has 0 heterocycles. The van der Waals surface area contributed by atoms with Crippen LogP contribution in [-0.2, 0) is 5.41 Å². The minimum Gasteiger partial charge on any atom is -0.496 e. The smallest absolute Gasteiger partial charge is 0.122 e. The van der Waals surface area contributed by atoms with E-state index in [2.05, 4.69) is 6.92 Å². The molecule has 1 fully saturated rings. The van der Waals surface area contributed by atoms with E-state index in [1.165, 1.54) is 18.4 Å². The van der Waals surface area contributed by atoms with Gasteiger partial charge in [-0.1, -0.05) is 18.5 Å². The second kappa shape index (κ2) is 5.50. The molecule has 0 amide bonds. The lowest BCUT2D eigenvalue weighted by Gasteiger charge is -2.39. The summed E-state index contributed by atoms with van der Waals surface area (Å²) >= 11 is 6.14. The molecule has 3 heteroatoms. The number of nitrogens with two attached hydrogens (primary N) is 1. The third-order valence-electron chi connectivity index (χ3n) is 4.35. The van der Waals surface area contributed by atoms with E-state index in [-0.39, 0.29) is 5.41 Å². The molecule has 0 aliphatic heterocycles. The fourth-order valence-electron chi connectivity index (χ4n) is 2.99. The highest BCUT2D eigenvalue weighted by Gasteiger charge is 2.36. The van der Waals surface area contributed by atoms with Gasteiger partial charge in [-0.3, -0.25) is 0 Å². The molecule has 0 radical (unpaired) electrons. The summed E-state index contributed by atoms with van der Waals surface area (Å²) in [5, 5.41) is 0.761. The highest BCUT2D eigenvalue weighted by Crippen LogP contribution is 2.44. The van der Waals surface area contributed by atoms with Crippen molar-refractivity contribution >= 4 is 11.6 Å². The van der Waals surface area contributed by atoms with Crippen LogP contribution in [-0.4, -0.2) is 13.7 Å². The summed E-state index contributed by atoms with van der Waals surface area (Å²) in [6, 6.07) is 5.86. The molecular weight excluding hydrogens is 246 g/mol. The zero-order valence-corrected chi connectivity index (χ0v) is 12.0. The quantitative estimate of drug-likeness (QED) is 0.905. The molecular formula is C15H22ClNO. The summed E-state index contributed by atoms with van der Waals surface area (Å²) < 4.78 is 5.49. The van der Waals surface area contributed by atoms with Gasteiger partial charge in [0.2, 0.25) is 0 Å². The SMILES string of the molecule is COc1ccc(Cl)cc1C1(CN)CCC(C)CC1. The molecule has 18 heavy (non-hydrogen) atoms. The van der Waals surface area contributed by atoms with Crippen molar-refractivity contribution in [2.45, 2.75) is 38.0 Å². The Bertz CT molecular complexity index is 411. The van der Waals surface area contributed by atoms with Crippen molar-refractivity contribution in [1.82, 2.24) is 0 Å². The van der Waals surface area contributed by atoms with Crippen LogP contribution in [0.15, 0.2) is 18.2 Å². The fourth-order valence-corrected chi connectivity index (χ4v) is 3.16. The van der Waals surface area contributed by atoms with Crippen LogP contribution >= 0.6 is 11.6 Å². The number of ether oxygens (including phenoxy) is 1. The van der Waals surface area contributed by atoms with Crippen molar-refractivity contribution in [2.24, 2.45) is 11.7 Å². The summed E-state index contributed by atoms with van der Waals surface area (Å²) in [7, 11) is 1.71. The molecule has 0 atom stereocenters. The first kappa shape index (κ1) is 13.7. The second-order valence-corrected chi connectivity index (χ2v) is 5.95. The number of methoxy groups -OCH3 is 1. The van der Waals surface area contributed by atoms with Gasteiger partial charge in [-0.15, -0.1) is 0 Å². The van der Waals surface area contributed by atoms with E-state index in [9.17, 15) is 0 Å². The highest BCUT2D eigenvalue weighted by atomic mass is 35.5. The van der Waals surface area contributed by atoms with Gasteiger partial charge >= 0.3 is 0 Å². The van der Waals surface area contributed by atoms with Crippen molar-refractivity contribution in [3.05, 3.63) is 28.8 Å². The Morgan fingerprint density at radius 2 is 2.06 bits per heavy atom. The van der Waals surface area contributed by atoms with Crippen LogP contribution in [0.4, 0.5) is 0 Å². The van der Waals surface area contributed by atoms with Gasteiger partial charge in [-0.2, -0.15) is 0 Å². The van der Waals surface area contributed by atoms with Crippen molar-refractivity contribution < 1.29 is 4.74 Å². The van der Waals surface area contributed by atoms with Crippen LogP contribution in [0.3, 0.4) is 0 Å². The van der Waals surface area contributed by atoms with Crippen molar-refractivity contribution in [1.29, 1.82) is 0 Å². The normalized spacial score (nSPS) is 28.1. The van der Waals surface area contributed by atoms with Gasteiger partial charge in [0.25, 0.3) is 0 Å². The van der Waals surface area contributed by atoms with E-state index in [1.54, 1.807) is 7.11 Å². The van der Waals surface area contributed by atoms with E-state index >= 15 is 0 Å². The number of benzene rings is 1. The topological polar surface area (TPSA) is 35.2 Å². The zero-order valence-electron chi connectivity index (χ0n) is 11.2. The first-order chi connectivity index (χ1) is 8.61. The van der Waals surface area contributed by atoms with E-state index in [0.717, 1.165) is 29.5 Å². The standard InChI is InChI=1S/C15H22ClNO/c1-11-5-7-15(10-17,8-6-11)13-9-12(16)3-4-14(13)18-2/h3-4,9,11H,5-8,10,17H2,1-2H3. The molecule has 0 spiro atoms. The van der Waals surface area contributed by atoms with Gasteiger partial charge < -0.3 is 10.5 Å². The first-order valence-corrected chi connectivity index (χ1v) is 7.03. The van der Waals surface area contributed by atoms with Crippen LogP contribution in [0, 0.1) is 5.92 Å². The van der Waals surface area contributed by atoms with Crippen LogP contribution in [0.25, 0.3) is 0 Å². The summed E-state index contributed by atoms with van der Waals surface area (Å²) in [6.07, 6.45) is 4.71. The van der Waals surface area contributed by atoms with E-state index < -0.39 is 0 Å². The summed E-state index contributed by atoms with van der Waals surface area (Å²) in [6.45, 7) is 2.98. The van der Waals surface area contributed by atoms with Crippen LogP contribution < -0.4 is 10.5 Å². The summed E-state index contributed by atoms with van der Waals surface area (Å²) in [5.74, 6) is 1.72. The Labute approximate surface area is 114 Å². The Hall–Kier alpha value is -0.730. The lowest BCUT2D eigenvalue weighted by Crippen LogP contribution is -2.39. The third kappa shape index (κ3) is 2.50. The monoisotopic (exact) mass is 267 g/mol.